The van der Waals surface area contributed by atoms with Crippen LogP contribution in [0.4, 0.5) is 11.4 Å². The third-order valence-corrected chi connectivity index (χ3v) is 6.48. The number of hydrogen-bond donors (Lipinski definition) is 1. The Morgan fingerprint density at radius 1 is 1.00 bits per heavy atom. The topological polar surface area (TPSA) is 75.7 Å². The Balaban J connectivity index is 1.58. The summed E-state index contributed by atoms with van der Waals surface area (Å²) in [6.45, 7) is 0.637. The van der Waals surface area contributed by atoms with Gasteiger partial charge in [0.1, 0.15) is 5.75 Å². The fraction of sp³-hybridized carbons (Fsp3) is 0.174. The summed E-state index contributed by atoms with van der Waals surface area (Å²) in [6.07, 6.45) is 1.60. The number of fused-ring (bicyclic) bond motifs is 1. The molecule has 7 heteroatoms. The van der Waals surface area contributed by atoms with Crippen molar-refractivity contribution in [3.8, 4) is 5.75 Å². The highest BCUT2D eigenvalue weighted by Crippen LogP contribution is 2.31. The van der Waals surface area contributed by atoms with Crippen molar-refractivity contribution < 1.29 is 17.9 Å². The maximum Gasteiger partial charge on any atom is 0.261 e. The lowest BCUT2D eigenvalue weighted by molar-refractivity contribution is 0.0985. The van der Waals surface area contributed by atoms with Crippen LogP contribution < -0.4 is 14.4 Å². The highest BCUT2D eigenvalue weighted by atomic mass is 32.2. The first-order valence-electron chi connectivity index (χ1n) is 9.65. The van der Waals surface area contributed by atoms with Gasteiger partial charge < -0.3 is 9.64 Å². The number of carbonyl (C=O) groups excluding carboxylic acids is 1. The molecule has 30 heavy (non-hydrogen) atoms. The summed E-state index contributed by atoms with van der Waals surface area (Å²) in [7, 11) is -2.20. The van der Waals surface area contributed by atoms with Gasteiger partial charge in [-0.25, -0.2) is 8.42 Å². The van der Waals surface area contributed by atoms with Gasteiger partial charge in [0.2, 0.25) is 0 Å². The molecule has 3 aromatic carbocycles. The molecule has 1 N–H and O–H groups in total. The minimum absolute atomic E-state index is 0.0527. The molecule has 154 valence electrons. The molecule has 0 saturated carbocycles. The van der Waals surface area contributed by atoms with Crippen molar-refractivity contribution >= 4 is 27.3 Å². The van der Waals surface area contributed by atoms with Gasteiger partial charge in [-0.3, -0.25) is 9.52 Å². The third-order valence-electron chi connectivity index (χ3n) is 5.09. The number of amides is 1. The molecule has 0 radical (unpaired) electrons. The second kappa shape index (κ2) is 8.20. The van der Waals surface area contributed by atoms with Crippen LogP contribution in [0, 0.1) is 0 Å². The molecule has 0 spiro atoms. The lowest BCUT2D eigenvalue weighted by Gasteiger charge is -2.30. The van der Waals surface area contributed by atoms with E-state index in [1.807, 2.05) is 18.2 Å². The average molecular weight is 423 g/mol. The molecule has 1 aliphatic rings. The van der Waals surface area contributed by atoms with Gasteiger partial charge >= 0.3 is 0 Å². The second-order valence-corrected chi connectivity index (χ2v) is 8.73. The van der Waals surface area contributed by atoms with E-state index in [4.69, 9.17) is 4.74 Å². The number of methoxy groups -OCH3 is 1. The summed E-state index contributed by atoms with van der Waals surface area (Å²) in [5.74, 6) is 0.536. The van der Waals surface area contributed by atoms with Crippen LogP contribution in [0.3, 0.4) is 0 Å². The molecular weight excluding hydrogens is 400 g/mol. The molecule has 0 atom stereocenters. The molecule has 1 aliphatic heterocycles. The van der Waals surface area contributed by atoms with Crippen LogP contribution in [-0.2, 0) is 16.4 Å². The van der Waals surface area contributed by atoms with Gasteiger partial charge in [-0.05, 0) is 73.0 Å². The highest BCUT2D eigenvalue weighted by molar-refractivity contribution is 7.92. The number of aryl methyl sites for hydroxylation is 1. The lowest BCUT2D eigenvalue weighted by Crippen LogP contribution is -2.35. The van der Waals surface area contributed by atoms with Gasteiger partial charge in [0.25, 0.3) is 15.9 Å². The number of nitrogens with one attached hydrogen (secondary N) is 1. The summed E-state index contributed by atoms with van der Waals surface area (Å²) < 4.78 is 33.1. The Kier molecular flexibility index (Phi) is 5.46. The van der Waals surface area contributed by atoms with Crippen LogP contribution in [0.15, 0.2) is 77.7 Å². The lowest BCUT2D eigenvalue weighted by atomic mass is 10.00. The number of hydrogen-bond acceptors (Lipinski definition) is 4. The minimum Gasteiger partial charge on any atom is -0.497 e. The van der Waals surface area contributed by atoms with Crippen molar-refractivity contribution in [3.63, 3.8) is 0 Å². The molecular formula is C23H22N2O4S. The van der Waals surface area contributed by atoms with Crippen LogP contribution in [0.2, 0.25) is 0 Å². The van der Waals surface area contributed by atoms with Crippen LogP contribution >= 0.6 is 0 Å². The van der Waals surface area contributed by atoms with E-state index in [0.29, 0.717) is 23.5 Å². The monoisotopic (exact) mass is 422 g/mol. The van der Waals surface area contributed by atoms with Crippen molar-refractivity contribution in [1.29, 1.82) is 0 Å². The Morgan fingerprint density at radius 2 is 1.73 bits per heavy atom. The number of benzene rings is 3. The number of carbonyl (C=O) groups is 1. The first kappa shape index (κ1) is 20.0. The Hall–Kier alpha value is -3.32. The molecule has 4 rings (SSSR count). The molecule has 0 unspecified atom stereocenters. The van der Waals surface area contributed by atoms with Crippen molar-refractivity contribution in [3.05, 3.63) is 83.9 Å². The van der Waals surface area contributed by atoms with Gasteiger partial charge in [0.05, 0.1) is 12.0 Å². The first-order chi connectivity index (χ1) is 14.5. The Bertz CT molecular complexity index is 1160. The summed E-state index contributed by atoms with van der Waals surface area (Å²) in [6, 6.07) is 20.7. The molecule has 0 fully saturated rings. The zero-order valence-electron chi connectivity index (χ0n) is 16.5. The second-order valence-electron chi connectivity index (χ2n) is 7.05. The van der Waals surface area contributed by atoms with E-state index in [2.05, 4.69) is 4.72 Å². The molecule has 6 nitrogen and oxygen atoms in total. The molecule has 0 aliphatic carbocycles. The first-order valence-corrected chi connectivity index (χ1v) is 11.1. The largest absolute Gasteiger partial charge is 0.497 e. The zero-order chi connectivity index (χ0) is 21.1. The van der Waals surface area contributed by atoms with Gasteiger partial charge in [-0.15, -0.1) is 0 Å². The molecule has 0 saturated heterocycles. The van der Waals surface area contributed by atoms with Gasteiger partial charge in [-0.2, -0.15) is 0 Å². The Morgan fingerprint density at radius 3 is 2.43 bits per heavy atom. The maximum atomic E-state index is 12.9. The number of anilines is 2. The van der Waals surface area contributed by atoms with E-state index in [-0.39, 0.29) is 10.8 Å². The molecule has 0 aromatic heterocycles. The molecule has 0 bridgehead atoms. The van der Waals surface area contributed by atoms with E-state index >= 15 is 0 Å². The van der Waals surface area contributed by atoms with Crippen molar-refractivity contribution in [2.45, 2.75) is 17.7 Å². The average Bonchev–Trinajstić information content (AvgIpc) is 2.78. The molecule has 1 amide bonds. The van der Waals surface area contributed by atoms with E-state index in [0.717, 1.165) is 24.1 Å². The van der Waals surface area contributed by atoms with Gasteiger partial charge in [-0.1, -0.05) is 18.2 Å². The Labute approximate surface area is 176 Å². The maximum absolute atomic E-state index is 12.9. The van der Waals surface area contributed by atoms with Crippen LogP contribution in [0.1, 0.15) is 22.3 Å². The zero-order valence-corrected chi connectivity index (χ0v) is 17.4. The summed E-state index contributed by atoms with van der Waals surface area (Å²) >= 11 is 0. The van der Waals surface area contributed by atoms with Crippen LogP contribution in [0.5, 0.6) is 5.75 Å². The molecule has 3 aromatic rings. The van der Waals surface area contributed by atoms with E-state index in [9.17, 15) is 13.2 Å². The van der Waals surface area contributed by atoms with Crippen molar-refractivity contribution in [2.75, 3.05) is 23.3 Å². The third kappa shape index (κ3) is 4.02. The van der Waals surface area contributed by atoms with Crippen molar-refractivity contribution in [1.82, 2.24) is 0 Å². The number of ether oxygens (including phenoxy) is 1. The number of sulfonamides is 1. The van der Waals surface area contributed by atoms with Gasteiger partial charge in [0, 0.05) is 23.5 Å². The minimum atomic E-state index is -3.72. The quantitative estimate of drug-likeness (QED) is 0.672. The normalized spacial score (nSPS) is 13.4. The van der Waals surface area contributed by atoms with Crippen LogP contribution in [-0.4, -0.2) is 28.0 Å². The van der Waals surface area contributed by atoms with Crippen molar-refractivity contribution in [2.24, 2.45) is 0 Å². The van der Waals surface area contributed by atoms with Gasteiger partial charge in [0.15, 0.2) is 0 Å². The van der Waals surface area contributed by atoms with E-state index < -0.39 is 10.0 Å². The fourth-order valence-corrected chi connectivity index (χ4v) is 4.63. The van der Waals surface area contributed by atoms with Crippen LogP contribution in [0.25, 0.3) is 0 Å². The fourth-order valence-electron chi connectivity index (χ4n) is 3.58. The number of nitrogens with zero attached hydrogens (tertiary/aromatic N) is 1. The summed E-state index contributed by atoms with van der Waals surface area (Å²) in [5, 5.41) is 0. The SMILES string of the molecule is COc1ccc(S(=O)(=O)Nc2ccc3c(c2)CCCN3C(=O)c2ccccc2)cc1. The highest BCUT2D eigenvalue weighted by Gasteiger charge is 2.24. The smallest absolute Gasteiger partial charge is 0.261 e. The summed E-state index contributed by atoms with van der Waals surface area (Å²) in [4.78, 5) is 14.8. The number of rotatable bonds is 5. The van der Waals surface area contributed by atoms with E-state index in [1.165, 1.54) is 19.2 Å². The predicted molar refractivity (Wildman–Crippen MR) is 117 cm³/mol. The van der Waals surface area contributed by atoms with E-state index in [1.54, 1.807) is 47.4 Å². The summed E-state index contributed by atoms with van der Waals surface area (Å²) in [5.41, 5.74) is 2.87. The standard InChI is InChI=1S/C23H22N2O4S/c1-29-20-10-12-21(13-11-20)30(27,28)24-19-9-14-22-18(16-19)8-5-15-25(22)23(26)17-6-3-2-4-7-17/h2-4,6-7,9-14,16,24H,5,8,15H2,1H3. The predicted octanol–water partition coefficient (Wildman–Crippen LogP) is 4.09. The molecule has 1 heterocycles.